The van der Waals surface area contributed by atoms with Gasteiger partial charge in [-0.1, -0.05) is 0 Å². The summed E-state index contributed by atoms with van der Waals surface area (Å²) in [6, 6.07) is 0. The van der Waals surface area contributed by atoms with E-state index >= 15 is 0 Å². The number of alkyl halides is 2. The molecule has 0 radical (unpaired) electrons. The molecule has 5 heteroatoms. The van der Waals surface area contributed by atoms with Gasteiger partial charge in [0.15, 0.2) is 0 Å². The minimum atomic E-state index is -2.97. The van der Waals surface area contributed by atoms with E-state index in [-0.39, 0.29) is 0 Å². The Balaban J connectivity index is 2.36. The molecule has 3 nitrogen and oxygen atoms in total. The Hall–Kier alpha value is -0.970. The van der Waals surface area contributed by atoms with Crippen LogP contribution in [0.3, 0.4) is 0 Å². The first kappa shape index (κ1) is 8.62. The average Bonchev–Trinajstić information content (AvgIpc) is 2.45. The number of hydrogen-bond acceptors (Lipinski definition) is 3. The van der Waals surface area contributed by atoms with Gasteiger partial charge < -0.3 is 9.73 Å². The van der Waals surface area contributed by atoms with Gasteiger partial charge in [-0.25, -0.2) is 4.98 Å². The van der Waals surface area contributed by atoms with E-state index in [4.69, 9.17) is 4.42 Å². The van der Waals surface area contributed by atoms with Crippen molar-refractivity contribution < 1.29 is 13.2 Å². The lowest BCUT2D eigenvalue weighted by Gasteiger charge is -2.08. The Labute approximate surface area is 74.1 Å². The molecule has 0 fully saturated rings. The molecule has 13 heavy (non-hydrogen) atoms. The van der Waals surface area contributed by atoms with Gasteiger partial charge in [-0.05, 0) is 0 Å². The topological polar surface area (TPSA) is 38.1 Å². The summed E-state index contributed by atoms with van der Waals surface area (Å²) in [5.74, 6) is -2.85. The zero-order valence-electron chi connectivity index (χ0n) is 7.23. The maximum absolute atomic E-state index is 12.8. The molecule has 0 amide bonds. The van der Waals surface area contributed by atoms with Crippen molar-refractivity contribution in [2.75, 3.05) is 6.54 Å². The molecule has 0 aromatic carbocycles. The van der Waals surface area contributed by atoms with Gasteiger partial charge >= 0.3 is 5.92 Å². The van der Waals surface area contributed by atoms with Crippen LogP contribution in [-0.2, 0) is 18.9 Å². The van der Waals surface area contributed by atoms with Crippen molar-refractivity contribution in [3.05, 3.63) is 17.3 Å². The first-order valence-corrected chi connectivity index (χ1v) is 4.15. The average molecular weight is 188 g/mol. The Bertz CT molecular complexity index is 293. The van der Waals surface area contributed by atoms with E-state index in [0.717, 1.165) is 13.5 Å². The first-order chi connectivity index (χ1) is 6.07. The maximum atomic E-state index is 12.8. The molecule has 2 rings (SSSR count). The number of rotatable bonds is 1. The van der Waals surface area contributed by atoms with Gasteiger partial charge in [-0.15, -0.1) is 0 Å². The smallest absolute Gasteiger partial charge is 0.319 e. The summed E-state index contributed by atoms with van der Waals surface area (Å²) in [4.78, 5) is 3.74. The van der Waals surface area contributed by atoms with Crippen LogP contribution in [0.15, 0.2) is 4.42 Å². The third-order valence-corrected chi connectivity index (χ3v) is 1.98. The van der Waals surface area contributed by atoms with Crippen molar-refractivity contribution in [1.29, 1.82) is 0 Å². The predicted molar refractivity (Wildman–Crippen MR) is 41.5 cm³/mol. The molecule has 1 aliphatic heterocycles. The minimum absolute atomic E-state index is 0.471. The number of nitrogens with one attached hydrogen (secondary N) is 1. The molecular weight excluding hydrogens is 178 g/mol. The van der Waals surface area contributed by atoms with Gasteiger partial charge in [0.25, 0.3) is 5.89 Å². The highest BCUT2D eigenvalue weighted by Crippen LogP contribution is 2.28. The molecule has 2 heterocycles. The van der Waals surface area contributed by atoms with Gasteiger partial charge in [-0.2, -0.15) is 8.78 Å². The lowest BCUT2D eigenvalue weighted by molar-refractivity contribution is -0.0117. The summed E-state index contributed by atoms with van der Waals surface area (Å²) in [5, 5.41) is 3.04. The number of halogens is 2. The van der Waals surface area contributed by atoms with Crippen LogP contribution in [0.25, 0.3) is 0 Å². The number of oxazole rings is 1. The van der Waals surface area contributed by atoms with E-state index in [1.807, 2.05) is 0 Å². The zero-order chi connectivity index (χ0) is 9.47. The van der Waals surface area contributed by atoms with Crippen molar-refractivity contribution in [3.63, 3.8) is 0 Å². The van der Waals surface area contributed by atoms with E-state index in [9.17, 15) is 8.78 Å². The van der Waals surface area contributed by atoms with Crippen LogP contribution in [0.4, 0.5) is 8.78 Å². The third-order valence-electron chi connectivity index (χ3n) is 1.98. The Morgan fingerprint density at radius 3 is 2.92 bits per heavy atom. The fourth-order valence-corrected chi connectivity index (χ4v) is 1.31. The van der Waals surface area contributed by atoms with Gasteiger partial charge in [0.2, 0.25) is 0 Å². The lowest BCUT2D eigenvalue weighted by atomic mass is 10.2. The molecule has 0 saturated heterocycles. The maximum Gasteiger partial charge on any atom is 0.319 e. The molecular formula is C8H10F2N2O. The summed E-state index contributed by atoms with van der Waals surface area (Å²) >= 11 is 0. The van der Waals surface area contributed by atoms with Gasteiger partial charge in [0.1, 0.15) is 5.76 Å². The second kappa shape index (κ2) is 2.77. The van der Waals surface area contributed by atoms with Crippen molar-refractivity contribution in [2.45, 2.75) is 25.8 Å². The zero-order valence-corrected chi connectivity index (χ0v) is 7.23. The van der Waals surface area contributed by atoms with Gasteiger partial charge in [0.05, 0.1) is 5.69 Å². The third kappa shape index (κ3) is 1.56. The second-order valence-corrected chi connectivity index (χ2v) is 3.20. The van der Waals surface area contributed by atoms with Crippen LogP contribution in [-0.4, -0.2) is 11.5 Å². The van der Waals surface area contributed by atoms with Crippen molar-refractivity contribution in [3.8, 4) is 0 Å². The van der Waals surface area contributed by atoms with Crippen molar-refractivity contribution in [2.24, 2.45) is 0 Å². The van der Waals surface area contributed by atoms with E-state index in [1.165, 1.54) is 0 Å². The molecule has 1 aliphatic rings. The number of aromatic nitrogens is 1. The molecule has 0 bridgehead atoms. The number of fused-ring (bicyclic) bond motifs is 1. The number of hydrogen-bond donors (Lipinski definition) is 1. The highest BCUT2D eigenvalue weighted by molar-refractivity contribution is 5.14. The standard InChI is InChI=1S/C8H10F2N2O/c1-8(9,10)7-12-5-4-11-3-2-6(5)13-7/h11H,2-4H2,1H3. The molecule has 0 atom stereocenters. The Morgan fingerprint density at radius 1 is 1.54 bits per heavy atom. The van der Waals surface area contributed by atoms with E-state index < -0.39 is 11.8 Å². The predicted octanol–water partition coefficient (Wildman–Crippen LogP) is 1.43. The molecule has 0 unspecified atom stereocenters. The van der Waals surface area contributed by atoms with Crippen molar-refractivity contribution in [1.82, 2.24) is 10.3 Å². The van der Waals surface area contributed by atoms with Gasteiger partial charge in [0, 0.05) is 26.4 Å². The molecule has 0 saturated carbocycles. The normalized spacial score (nSPS) is 17.2. The van der Waals surface area contributed by atoms with Crippen molar-refractivity contribution >= 4 is 0 Å². The molecule has 0 aliphatic carbocycles. The molecule has 1 aromatic rings. The summed E-state index contributed by atoms with van der Waals surface area (Å²) in [7, 11) is 0. The van der Waals surface area contributed by atoms with Crippen LogP contribution < -0.4 is 5.32 Å². The monoisotopic (exact) mass is 188 g/mol. The van der Waals surface area contributed by atoms with Crippen LogP contribution in [0.1, 0.15) is 24.3 Å². The van der Waals surface area contributed by atoms with Gasteiger partial charge in [-0.3, -0.25) is 0 Å². The highest BCUT2D eigenvalue weighted by Gasteiger charge is 2.32. The lowest BCUT2D eigenvalue weighted by Crippen LogP contribution is -2.22. The Kier molecular flexibility index (Phi) is 1.83. The number of nitrogens with zero attached hydrogens (tertiary/aromatic N) is 1. The van der Waals surface area contributed by atoms with Crippen LogP contribution in [0.2, 0.25) is 0 Å². The minimum Gasteiger partial charge on any atom is -0.440 e. The second-order valence-electron chi connectivity index (χ2n) is 3.20. The van der Waals surface area contributed by atoms with E-state index in [1.54, 1.807) is 0 Å². The molecule has 1 aromatic heterocycles. The summed E-state index contributed by atoms with van der Waals surface area (Å²) in [5.41, 5.74) is 0.614. The van der Waals surface area contributed by atoms with E-state index in [2.05, 4.69) is 10.3 Å². The fraction of sp³-hybridized carbons (Fsp3) is 0.625. The van der Waals surface area contributed by atoms with E-state index in [0.29, 0.717) is 24.4 Å². The van der Waals surface area contributed by atoms with Crippen LogP contribution in [0.5, 0.6) is 0 Å². The van der Waals surface area contributed by atoms with Crippen LogP contribution in [0, 0.1) is 0 Å². The fourth-order valence-electron chi connectivity index (χ4n) is 1.31. The molecule has 72 valence electrons. The summed E-state index contributed by atoms with van der Waals surface area (Å²) in [6.07, 6.45) is 0.637. The quantitative estimate of drug-likeness (QED) is 0.724. The molecule has 1 N–H and O–H groups in total. The largest absolute Gasteiger partial charge is 0.440 e. The molecule has 0 spiro atoms. The first-order valence-electron chi connectivity index (χ1n) is 4.15. The summed E-state index contributed by atoms with van der Waals surface area (Å²) < 4.78 is 30.5. The highest BCUT2D eigenvalue weighted by atomic mass is 19.3. The summed E-state index contributed by atoms with van der Waals surface area (Å²) in [6.45, 7) is 2.07. The SMILES string of the molecule is CC(F)(F)c1nc2c(o1)CCNC2. The van der Waals surface area contributed by atoms with Crippen LogP contribution >= 0.6 is 0 Å². The Morgan fingerprint density at radius 2 is 2.31 bits per heavy atom.